The first-order valence-electron chi connectivity index (χ1n) is 12.7. The lowest BCUT2D eigenvalue weighted by Gasteiger charge is -2.52. The SMILES string of the molecule is CCNC(=O)N1CCC[C@@]2(CCCC(=O)C2)[C@@H]1CCC1CCC(c2ccccc2)CC1. The highest BCUT2D eigenvalue weighted by molar-refractivity contribution is 5.80. The predicted octanol–water partition coefficient (Wildman–Crippen LogP) is 6.06. The first-order valence-corrected chi connectivity index (χ1v) is 12.7. The molecule has 4 heteroatoms. The molecule has 1 aromatic carbocycles. The van der Waals surface area contributed by atoms with Crippen molar-refractivity contribution in [1.82, 2.24) is 10.2 Å². The number of carbonyl (C=O) groups is 2. The van der Waals surface area contributed by atoms with Gasteiger partial charge in [-0.2, -0.15) is 0 Å². The topological polar surface area (TPSA) is 49.4 Å². The maximum Gasteiger partial charge on any atom is 0.317 e. The van der Waals surface area contributed by atoms with Gasteiger partial charge in [0.05, 0.1) is 0 Å². The second kappa shape index (κ2) is 10.2. The summed E-state index contributed by atoms with van der Waals surface area (Å²) in [7, 11) is 0. The number of likely N-dealkylation sites (tertiary alicyclic amines) is 1. The molecule has 0 unspecified atom stereocenters. The molecular weight excluding hydrogens is 384 g/mol. The average Bonchev–Trinajstić information content (AvgIpc) is 2.79. The van der Waals surface area contributed by atoms with Gasteiger partial charge in [0, 0.05) is 32.0 Å². The number of piperidine rings is 1. The van der Waals surface area contributed by atoms with E-state index in [2.05, 4.69) is 40.5 Å². The molecule has 1 saturated heterocycles. The second-order valence-electron chi connectivity index (χ2n) is 10.3. The first-order chi connectivity index (χ1) is 15.1. The molecule has 2 aliphatic carbocycles. The van der Waals surface area contributed by atoms with E-state index in [1.165, 1.54) is 37.7 Å². The van der Waals surface area contributed by atoms with E-state index in [4.69, 9.17) is 0 Å². The van der Waals surface area contributed by atoms with Gasteiger partial charge in [0.25, 0.3) is 0 Å². The van der Waals surface area contributed by atoms with Crippen LogP contribution < -0.4 is 5.32 Å². The van der Waals surface area contributed by atoms with Crippen molar-refractivity contribution in [1.29, 1.82) is 0 Å². The van der Waals surface area contributed by atoms with Gasteiger partial charge in [0.1, 0.15) is 5.78 Å². The van der Waals surface area contributed by atoms with Crippen LogP contribution in [-0.2, 0) is 4.79 Å². The standard InChI is InChI=1S/C27H40N2O2/c1-2-28-26(31)29-19-7-18-27(17-6-10-24(30)20-27)25(29)16-13-21-11-14-23(15-12-21)22-8-4-3-5-9-22/h3-5,8-9,21,23,25H,2,6-7,10-20H2,1H3,(H,28,31)/t21?,23?,25-,27+/m0/s1. The summed E-state index contributed by atoms with van der Waals surface area (Å²) in [6, 6.07) is 11.3. The molecule has 0 radical (unpaired) electrons. The van der Waals surface area contributed by atoms with Crippen molar-refractivity contribution in [3.8, 4) is 0 Å². The van der Waals surface area contributed by atoms with Crippen LogP contribution in [0, 0.1) is 11.3 Å². The second-order valence-corrected chi connectivity index (χ2v) is 10.3. The molecule has 31 heavy (non-hydrogen) atoms. The number of rotatable bonds is 5. The molecule has 170 valence electrons. The summed E-state index contributed by atoms with van der Waals surface area (Å²) in [5, 5.41) is 3.04. The van der Waals surface area contributed by atoms with Gasteiger partial charge >= 0.3 is 6.03 Å². The number of amides is 2. The maximum atomic E-state index is 12.9. The molecule has 2 amide bonds. The molecular formula is C27H40N2O2. The molecule has 4 rings (SSSR count). The van der Waals surface area contributed by atoms with E-state index in [0.29, 0.717) is 24.7 Å². The Balaban J connectivity index is 1.40. The zero-order valence-corrected chi connectivity index (χ0v) is 19.3. The number of Topliss-reactive ketones (excluding diaryl/α,β-unsaturated/α-hetero) is 1. The fourth-order valence-electron chi connectivity index (χ4n) is 6.82. The zero-order valence-electron chi connectivity index (χ0n) is 19.3. The summed E-state index contributed by atoms with van der Waals surface area (Å²) in [5.41, 5.74) is 1.52. The summed E-state index contributed by atoms with van der Waals surface area (Å²) in [4.78, 5) is 27.5. The molecule has 3 aliphatic rings. The lowest BCUT2D eigenvalue weighted by molar-refractivity contribution is -0.127. The number of hydrogen-bond donors (Lipinski definition) is 1. The predicted molar refractivity (Wildman–Crippen MR) is 125 cm³/mol. The smallest absolute Gasteiger partial charge is 0.317 e. The van der Waals surface area contributed by atoms with Gasteiger partial charge in [-0.25, -0.2) is 4.79 Å². The van der Waals surface area contributed by atoms with Crippen LogP contribution in [0.5, 0.6) is 0 Å². The third-order valence-corrected chi connectivity index (χ3v) is 8.39. The zero-order chi connectivity index (χ0) is 21.7. The summed E-state index contributed by atoms with van der Waals surface area (Å²) >= 11 is 0. The fraction of sp³-hybridized carbons (Fsp3) is 0.704. The van der Waals surface area contributed by atoms with Crippen LogP contribution in [0.1, 0.15) is 95.5 Å². The Kier molecular flexibility index (Phi) is 7.35. The molecule has 1 N–H and O–H groups in total. The molecule has 2 atom stereocenters. The van der Waals surface area contributed by atoms with Crippen LogP contribution in [0.4, 0.5) is 4.79 Å². The third-order valence-electron chi connectivity index (χ3n) is 8.39. The largest absolute Gasteiger partial charge is 0.338 e. The normalized spacial score (nSPS) is 31.6. The van der Waals surface area contributed by atoms with E-state index >= 15 is 0 Å². The van der Waals surface area contributed by atoms with Gasteiger partial charge in [-0.05, 0) is 93.9 Å². The van der Waals surface area contributed by atoms with E-state index in [0.717, 1.165) is 51.0 Å². The van der Waals surface area contributed by atoms with Crippen molar-refractivity contribution < 1.29 is 9.59 Å². The van der Waals surface area contributed by atoms with Gasteiger partial charge in [-0.15, -0.1) is 0 Å². The van der Waals surface area contributed by atoms with Crippen molar-refractivity contribution >= 4 is 11.8 Å². The highest BCUT2D eigenvalue weighted by Gasteiger charge is 2.48. The quantitative estimate of drug-likeness (QED) is 0.624. The average molecular weight is 425 g/mol. The van der Waals surface area contributed by atoms with Gasteiger partial charge in [0.2, 0.25) is 0 Å². The molecule has 4 nitrogen and oxygen atoms in total. The number of carbonyl (C=O) groups excluding carboxylic acids is 2. The Bertz CT molecular complexity index is 737. The van der Waals surface area contributed by atoms with Crippen LogP contribution in [0.25, 0.3) is 0 Å². The van der Waals surface area contributed by atoms with Crippen LogP contribution in [0.2, 0.25) is 0 Å². The Hall–Kier alpha value is -1.84. The van der Waals surface area contributed by atoms with Crippen molar-refractivity contribution in [3.63, 3.8) is 0 Å². The Morgan fingerprint density at radius 2 is 1.81 bits per heavy atom. The van der Waals surface area contributed by atoms with E-state index in [1.807, 2.05) is 6.92 Å². The summed E-state index contributed by atoms with van der Waals surface area (Å²) in [6.45, 7) is 3.49. The number of urea groups is 1. The van der Waals surface area contributed by atoms with Gasteiger partial charge in [0.15, 0.2) is 0 Å². The van der Waals surface area contributed by atoms with Crippen molar-refractivity contribution in [2.45, 2.75) is 95.9 Å². The van der Waals surface area contributed by atoms with E-state index < -0.39 is 0 Å². The fourth-order valence-corrected chi connectivity index (χ4v) is 6.82. The van der Waals surface area contributed by atoms with Crippen molar-refractivity contribution in [2.75, 3.05) is 13.1 Å². The van der Waals surface area contributed by atoms with Crippen LogP contribution in [0.15, 0.2) is 30.3 Å². The minimum absolute atomic E-state index is 0.0277. The van der Waals surface area contributed by atoms with Gasteiger partial charge in [-0.1, -0.05) is 30.3 Å². The van der Waals surface area contributed by atoms with Crippen LogP contribution in [0.3, 0.4) is 0 Å². The monoisotopic (exact) mass is 424 g/mol. The van der Waals surface area contributed by atoms with Crippen LogP contribution >= 0.6 is 0 Å². The molecule has 0 bridgehead atoms. The molecule has 0 aromatic heterocycles. The molecule has 1 aliphatic heterocycles. The number of ketones is 1. The number of nitrogens with zero attached hydrogens (tertiary/aromatic N) is 1. The van der Waals surface area contributed by atoms with E-state index in [-0.39, 0.29) is 17.5 Å². The summed E-state index contributed by atoms with van der Waals surface area (Å²) < 4.78 is 0. The van der Waals surface area contributed by atoms with Crippen molar-refractivity contribution in [3.05, 3.63) is 35.9 Å². The lowest BCUT2D eigenvalue weighted by atomic mass is 9.62. The molecule has 1 aromatic rings. The molecule has 2 saturated carbocycles. The maximum absolute atomic E-state index is 12.9. The third kappa shape index (κ3) is 5.15. The Morgan fingerprint density at radius 1 is 1.06 bits per heavy atom. The summed E-state index contributed by atoms with van der Waals surface area (Å²) in [5.74, 6) is 1.88. The Labute approximate surface area is 188 Å². The van der Waals surface area contributed by atoms with Gasteiger partial charge in [-0.3, -0.25) is 4.79 Å². The van der Waals surface area contributed by atoms with Crippen molar-refractivity contribution in [2.24, 2.45) is 11.3 Å². The highest BCUT2D eigenvalue weighted by atomic mass is 16.2. The minimum atomic E-state index is 0.0277. The summed E-state index contributed by atoms with van der Waals surface area (Å²) in [6.07, 6.45) is 13.1. The minimum Gasteiger partial charge on any atom is -0.338 e. The molecule has 1 spiro atoms. The number of hydrogen-bond acceptors (Lipinski definition) is 2. The van der Waals surface area contributed by atoms with Gasteiger partial charge < -0.3 is 10.2 Å². The first kappa shape index (κ1) is 22.4. The van der Waals surface area contributed by atoms with Crippen LogP contribution in [-0.4, -0.2) is 35.8 Å². The van der Waals surface area contributed by atoms with E-state index in [9.17, 15) is 9.59 Å². The number of nitrogens with one attached hydrogen (secondary N) is 1. The lowest BCUT2D eigenvalue weighted by Crippen LogP contribution is -2.58. The highest BCUT2D eigenvalue weighted by Crippen LogP contribution is 2.49. The Morgan fingerprint density at radius 3 is 2.52 bits per heavy atom. The van der Waals surface area contributed by atoms with E-state index in [1.54, 1.807) is 0 Å². The number of benzene rings is 1. The molecule has 1 heterocycles. The molecule has 3 fully saturated rings.